The number of carbonyl (C=O) groups excluding carboxylic acids is 1. The Labute approximate surface area is 240 Å². The van der Waals surface area contributed by atoms with Gasteiger partial charge in [0.2, 0.25) is 5.91 Å². The van der Waals surface area contributed by atoms with Crippen molar-refractivity contribution in [1.29, 1.82) is 0 Å². The highest BCUT2D eigenvalue weighted by molar-refractivity contribution is 5.91. The van der Waals surface area contributed by atoms with Crippen LogP contribution in [0.2, 0.25) is 0 Å². The van der Waals surface area contributed by atoms with Crippen LogP contribution in [0.3, 0.4) is 0 Å². The lowest BCUT2D eigenvalue weighted by atomic mass is 9.85. The van der Waals surface area contributed by atoms with Crippen molar-refractivity contribution in [3.63, 3.8) is 0 Å². The minimum absolute atomic E-state index is 0.00514. The van der Waals surface area contributed by atoms with Gasteiger partial charge >= 0.3 is 11.7 Å². The minimum Gasteiger partial charge on any atom is -0.507 e. The lowest BCUT2D eigenvalue weighted by Gasteiger charge is -2.32. The summed E-state index contributed by atoms with van der Waals surface area (Å²) in [6.07, 6.45) is 4.26. The van der Waals surface area contributed by atoms with Crippen LogP contribution in [-0.2, 0) is 11.2 Å². The molecule has 1 aliphatic carbocycles. The summed E-state index contributed by atoms with van der Waals surface area (Å²) >= 11 is 0. The highest BCUT2D eigenvalue weighted by Gasteiger charge is 2.33. The molecule has 2 amide bonds. The van der Waals surface area contributed by atoms with Crippen LogP contribution in [0, 0.1) is 5.92 Å². The van der Waals surface area contributed by atoms with Gasteiger partial charge in [-0.05, 0) is 56.9 Å². The maximum atomic E-state index is 13.4. The predicted octanol–water partition coefficient (Wildman–Crippen LogP) is 6.51. The SMILES string of the molecule is CCC(Cc1ccccc1)c1cc(O)c(C(c2cccc(NC(=O)CCN(C(=O)O)C(C)(C)C)c2)C2C=C2)c(=O)o1. The fraction of sp³-hybridized carbons (Fsp3) is 0.364. The van der Waals surface area contributed by atoms with E-state index in [0.717, 1.165) is 17.5 Å². The fourth-order valence-electron chi connectivity index (χ4n) is 5.17. The van der Waals surface area contributed by atoms with Gasteiger partial charge in [0.05, 0.1) is 5.56 Å². The van der Waals surface area contributed by atoms with Gasteiger partial charge in [0, 0.05) is 48.0 Å². The lowest BCUT2D eigenvalue weighted by molar-refractivity contribution is -0.116. The Balaban J connectivity index is 1.54. The number of benzene rings is 2. The molecule has 2 aromatic carbocycles. The Morgan fingerprint density at radius 1 is 1.05 bits per heavy atom. The number of anilines is 1. The van der Waals surface area contributed by atoms with Gasteiger partial charge in [-0.15, -0.1) is 0 Å². The molecule has 8 nitrogen and oxygen atoms in total. The second-order valence-corrected chi connectivity index (χ2v) is 11.5. The molecule has 4 rings (SSSR count). The molecule has 0 saturated heterocycles. The summed E-state index contributed by atoms with van der Waals surface area (Å²) in [5, 5.41) is 23.4. The van der Waals surface area contributed by atoms with Gasteiger partial charge < -0.3 is 24.8 Å². The van der Waals surface area contributed by atoms with Crippen molar-refractivity contribution in [3.8, 4) is 5.75 Å². The van der Waals surface area contributed by atoms with E-state index < -0.39 is 23.2 Å². The first kappa shape index (κ1) is 29.6. The monoisotopic (exact) mass is 558 g/mol. The average Bonchev–Trinajstić information content (AvgIpc) is 3.74. The van der Waals surface area contributed by atoms with Crippen molar-refractivity contribution in [1.82, 2.24) is 4.90 Å². The van der Waals surface area contributed by atoms with Crippen molar-refractivity contribution in [2.24, 2.45) is 5.92 Å². The Bertz CT molecular complexity index is 1470. The number of rotatable bonds is 11. The summed E-state index contributed by atoms with van der Waals surface area (Å²) < 4.78 is 5.83. The molecule has 1 heterocycles. The topological polar surface area (TPSA) is 120 Å². The van der Waals surface area contributed by atoms with E-state index in [-0.39, 0.29) is 42.0 Å². The molecule has 3 aromatic rings. The van der Waals surface area contributed by atoms with Gasteiger partial charge in [0.1, 0.15) is 11.5 Å². The molecule has 0 saturated carbocycles. The number of carbonyl (C=O) groups is 2. The highest BCUT2D eigenvalue weighted by atomic mass is 16.4. The van der Waals surface area contributed by atoms with Crippen molar-refractivity contribution in [2.45, 2.75) is 64.3 Å². The minimum atomic E-state index is -1.08. The summed E-state index contributed by atoms with van der Waals surface area (Å²) in [5.41, 5.74) is 1.36. The zero-order chi connectivity index (χ0) is 29.7. The Morgan fingerprint density at radius 2 is 1.76 bits per heavy atom. The standard InChI is InChI=1S/C33H38N2O6/c1-5-22(18-21-10-7-6-8-11-21)27-20-26(36)30(31(38)41-27)29(23-14-15-23)24-12-9-13-25(19-24)34-28(37)16-17-35(32(39)40)33(2,3)4/h6-15,19-20,22-23,29,36H,5,16-18H2,1-4H3,(H,34,37)(H,39,40). The predicted molar refractivity (Wildman–Crippen MR) is 158 cm³/mol. The second-order valence-electron chi connectivity index (χ2n) is 11.5. The van der Waals surface area contributed by atoms with Crippen LogP contribution >= 0.6 is 0 Å². The molecular formula is C33H38N2O6. The largest absolute Gasteiger partial charge is 0.507 e. The molecule has 0 radical (unpaired) electrons. The van der Waals surface area contributed by atoms with Crippen LogP contribution in [0.25, 0.3) is 0 Å². The number of hydrogen-bond donors (Lipinski definition) is 3. The summed E-state index contributed by atoms with van der Waals surface area (Å²) in [6, 6.07) is 18.7. The zero-order valence-corrected chi connectivity index (χ0v) is 24.0. The number of amides is 2. The summed E-state index contributed by atoms with van der Waals surface area (Å²) in [5.74, 6) is -0.577. The van der Waals surface area contributed by atoms with E-state index in [0.29, 0.717) is 17.9 Å². The van der Waals surface area contributed by atoms with Crippen LogP contribution in [0.15, 0.2) is 82.0 Å². The number of carboxylic acid groups (broad SMARTS) is 1. The number of allylic oxidation sites excluding steroid dienone is 2. The Morgan fingerprint density at radius 3 is 2.34 bits per heavy atom. The van der Waals surface area contributed by atoms with Crippen molar-refractivity contribution >= 4 is 17.7 Å². The third-order valence-corrected chi connectivity index (χ3v) is 7.45. The van der Waals surface area contributed by atoms with Crippen molar-refractivity contribution in [3.05, 3.63) is 106 Å². The van der Waals surface area contributed by atoms with E-state index in [2.05, 4.69) is 5.32 Å². The number of aromatic hydroxyl groups is 1. The third kappa shape index (κ3) is 7.45. The molecule has 216 valence electrons. The second kappa shape index (κ2) is 12.5. The van der Waals surface area contributed by atoms with Crippen LogP contribution in [0.1, 0.15) is 74.8 Å². The quantitative estimate of drug-likeness (QED) is 0.231. The van der Waals surface area contributed by atoms with Gasteiger partial charge in [-0.25, -0.2) is 9.59 Å². The number of nitrogens with zero attached hydrogens (tertiary/aromatic N) is 1. The van der Waals surface area contributed by atoms with E-state index in [1.807, 2.05) is 55.5 Å². The molecule has 3 N–H and O–H groups in total. The van der Waals surface area contributed by atoms with Gasteiger partial charge in [-0.3, -0.25) is 4.79 Å². The van der Waals surface area contributed by atoms with Gasteiger partial charge in [0.25, 0.3) is 0 Å². The molecule has 8 heteroatoms. The van der Waals surface area contributed by atoms with E-state index in [9.17, 15) is 24.6 Å². The Hall–Kier alpha value is -4.33. The lowest BCUT2D eigenvalue weighted by Crippen LogP contribution is -2.46. The summed E-state index contributed by atoms with van der Waals surface area (Å²) in [7, 11) is 0. The molecule has 1 aliphatic rings. The zero-order valence-electron chi connectivity index (χ0n) is 24.0. The Kier molecular flexibility index (Phi) is 9.01. The maximum absolute atomic E-state index is 13.4. The first-order valence-corrected chi connectivity index (χ1v) is 14.0. The van der Waals surface area contributed by atoms with Crippen molar-refractivity contribution < 1.29 is 24.2 Å². The van der Waals surface area contributed by atoms with E-state index >= 15 is 0 Å². The number of nitrogens with one attached hydrogen (secondary N) is 1. The van der Waals surface area contributed by atoms with Crippen LogP contribution in [0.4, 0.5) is 10.5 Å². The first-order chi connectivity index (χ1) is 19.5. The van der Waals surface area contributed by atoms with Crippen LogP contribution in [-0.4, -0.2) is 39.2 Å². The van der Waals surface area contributed by atoms with E-state index in [1.54, 1.807) is 45.0 Å². The normalized spacial score (nSPS) is 14.3. The molecule has 0 aliphatic heterocycles. The van der Waals surface area contributed by atoms with Gasteiger partial charge in [0.15, 0.2) is 0 Å². The van der Waals surface area contributed by atoms with E-state index in [1.165, 1.54) is 4.90 Å². The van der Waals surface area contributed by atoms with Crippen molar-refractivity contribution in [2.75, 3.05) is 11.9 Å². The third-order valence-electron chi connectivity index (χ3n) is 7.45. The summed E-state index contributed by atoms with van der Waals surface area (Å²) in [4.78, 5) is 38.9. The molecule has 0 fully saturated rings. The molecule has 1 aromatic heterocycles. The van der Waals surface area contributed by atoms with Gasteiger partial charge in [-0.1, -0.05) is 61.5 Å². The molecule has 41 heavy (non-hydrogen) atoms. The van der Waals surface area contributed by atoms with Gasteiger partial charge in [-0.2, -0.15) is 0 Å². The van der Waals surface area contributed by atoms with Crippen LogP contribution < -0.4 is 10.9 Å². The molecular weight excluding hydrogens is 520 g/mol. The summed E-state index contributed by atoms with van der Waals surface area (Å²) in [6.45, 7) is 7.41. The molecule has 0 bridgehead atoms. The van der Waals surface area contributed by atoms with E-state index in [4.69, 9.17) is 4.42 Å². The highest BCUT2D eigenvalue weighted by Crippen LogP contribution is 2.43. The first-order valence-electron chi connectivity index (χ1n) is 14.0. The molecule has 2 atom stereocenters. The average molecular weight is 559 g/mol. The smallest absolute Gasteiger partial charge is 0.407 e. The number of hydrogen-bond acceptors (Lipinski definition) is 5. The van der Waals surface area contributed by atoms with Crippen LogP contribution in [0.5, 0.6) is 5.75 Å². The fourth-order valence-corrected chi connectivity index (χ4v) is 5.17. The maximum Gasteiger partial charge on any atom is 0.407 e. The molecule has 2 unspecified atom stereocenters. The molecule has 0 spiro atoms.